The molecule has 6 heteroatoms. The summed E-state index contributed by atoms with van der Waals surface area (Å²) in [4.78, 5) is 22.2. The van der Waals surface area contributed by atoms with Crippen molar-refractivity contribution < 1.29 is 9.72 Å². The van der Waals surface area contributed by atoms with Crippen molar-refractivity contribution in [3.8, 4) is 0 Å². The van der Waals surface area contributed by atoms with Gasteiger partial charge in [0.15, 0.2) is 0 Å². The molecule has 1 amide bonds. The normalized spacial score (nSPS) is 11.5. The van der Waals surface area contributed by atoms with Gasteiger partial charge in [0.25, 0.3) is 5.69 Å². The molecule has 130 valence electrons. The molecule has 0 unspecified atom stereocenters. The Bertz CT molecular complexity index is 790. The second-order valence-electron chi connectivity index (χ2n) is 6.77. The van der Waals surface area contributed by atoms with E-state index in [0.717, 1.165) is 5.56 Å². The first-order chi connectivity index (χ1) is 11.8. The predicted molar refractivity (Wildman–Crippen MR) is 97.7 cm³/mol. The highest BCUT2D eigenvalue weighted by atomic mass is 16.6. The fourth-order valence-corrected chi connectivity index (χ4v) is 2.24. The van der Waals surface area contributed by atoms with E-state index in [0.29, 0.717) is 5.56 Å². The van der Waals surface area contributed by atoms with Gasteiger partial charge >= 0.3 is 0 Å². The number of hydrazone groups is 1. The van der Waals surface area contributed by atoms with Crippen LogP contribution < -0.4 is 5.43 Å². The van der Waals surface area contributed by atoms with E-state index in [4.69, 9.17) is 0 Å². The van der Waals surface area contributed by atoms with E-state index in [9.17, 15) is 14.9 Å². The van der Waals surface area contributed by atoms with Gasteiger partial charge in [-0.1, -0.05) is 57.2 Å². The molecule has 0 fully saturated rings. The van der Waals surface area contributed by atoms with Gasteiger partial charge in [0.2, 0.25) is 5.91 Å². The lowest BCUT2D eigenvalue weighted by atomic mass is 9.86. The monoisotopic (exact) mass is 339 g/mol. The maximum absolute atomic E-state index is 11.9. The Hall–Kier alpha value is -3.02. The van der Waals surface area contributed by atoms with Crippen LogP contribution in [0.25, 0.3) is 0 Å². The van der Waals surface area contributed by atoms with Crippen molar-refractivity contribution in [1.82, 2.24) is 5.43 Å². The molecule has 25 heavy (non-hydrogen) atoms. The minimum Gasteiger partial charge on any atom is -0.273 e. The SMILES string of the molecule is CC(C)(C)c1ccc(CC(=O)N/N=C\c2cccc([N+](=O)[O-])c2)cc1. The van der Waals surface area contributed by atoms with Crippen molar-refractivity contribution in [3.05, 3.63) is 75.3 Å². The van der Waals surface area contributed by atoms with Gasteiger partial charge in [-0.25, -0.2) is 5.43 Å². The number of nitro groups is 1. The van der Waals surface area contributed by atoms with Gasteiger partial charge in [0.1, 0.15) is 0 Å². The molecule has 2 aromatic carbocycles. The maximum Gasteiger partial charge on any atom is 0.270 e. The number of nitrogens with one attached hydrogen (secondary N) is 1. The summed E-state index contributed by atoms with van der Waals surface area (Å²) in [6.45, 7) is 6.41. The Kier molecular flexibility index (Phi) is 5.64. The quantitative estimate of drug-likeness (QED) is 0.513. The average Bonchev–Trinajstić information content (AvgIpc) is 2.54. The van der Waals surface area contributed by atoms with Crippen molar-refractivity contribution >= 4 is 17.8 Å². The Morgan fingerprint density at radius 2 is 1.88 bits per heavy atom. The summed E-state index contributed by atoms with van der Waals surface area (Å²) in [5.74, 6) is -0.245. The molecule has 6 nitrogen and oxygen atoms in total. The van der Waals surface area contributed by atoms with E-state index in [1.165, 1.54) is 23.9 Å². The fraction of sp³-hybridized carbons (Fsp3) is 0.263. The molecule has 0 aliphatic rings. The summed E-state index contributed by atoms with van der Waals surface area (Å²) in [6, 6.07) is 13.9. The van der Waals surface area contributed by atoms with Gasteiger partial charge < -0.3 is 0 Å². The first-order valence-electron chi connectivity index (χ1n) is 7.91. The number of carbonyl (C=O) groups excluding carboxylic acids is 1. The maximum atomic E-state index is 11.9. The lowest BCUT2D eigenvalue weighted by Gasteiger charge is -2.19. The van der Waals surface area contributed by atoms with Gasteiger partial charge in [-0.3, -0.25) is 14.9 Å². The van der Waals surface area contributed by atoms with Crippen LogP contribution in [0, 0.1) is 10.1 Å². The summed E-state index contributed by atoms with van der Waals surface area (Å²) in [6.07, 6.45) is 1.60. The van der Waals surface area contributed by atoms with E-state index in [1.54, 1.807) is 12.1 Å². The molecule has 1 N–H and O–H groups in total. The third-order valence-corrected chi connectivity index (χ3v) is 3.67. The van der Waals surface area contributed by atoms with Crippen LogP contribution >= 0.6 is 0 Å². The third kappa shape index (κ3) is 5.53. The van der Waals surface area contributed by atoms with Crippen LogP contribution in [0.2, 0.25) is 0 Å². The fourth-order valence-electron chi connectivity index (χ4n) is 2.24. The zero-order valence-electron chi connectivity index (χ0n) is 14.5. The van der Waals surface area contributed by atoms with Crippen LogP contribution in [0.5, 0.6) is 0 Å². The topological polar surface area (TPSA) is 84.6 Å². The first-order valence-corrected chi connectivity index (χ1v) is 7.91. The Labute approximate surface area is 146 Å². The Morgan fingerprint density at radius 3 is 2.48 bits per heavy atom. The first kappa shape index (κ1) is 18.3. The molecule has 0 aliphatic carbocycles. The van der Waals surface area contributed by atoms with Crippen molar-refractivity contribution in [2.24, 2.45) is 5.10 Å². The molecule has 0 atom stereocenters. The standard InChI is InChI=1S/C19H21N3O3/c1-19(2,3)16-9-7-14(8-10-16)12-18(23)21-20-13-15-5-4-6-17(11-15)22(24)25/h4-11,13H,12H2,1-3H3,(H,21,23)/b20-13-. The number of hydrogen-bond acceptors (Lipinski definition) is 4. The lowest BCUT2D eigenvalue weighted by molar-refractivity contribution is -0.384. The summed E-state index contributed by atoms with van der Waals surface area (Å²) in [5, 5.41) is 14.6. The smallest absolute Gasteiger partial charge is 0.270 e. The number of amides is 1. The number of nitrogens with zero attached hydrogens (tertiary/aromatic N) is 2. The average molecular weight is 339 g/mol. The molecular weight excluding hydrogens is 318 g/mol. The summed E-state index contributed by atoms with van der Waals surface area (Å²) in [5.41, 5.74) is 5.14. The number of rotatable bonds is 5. The minimum absolute atomic E-state index is 0.0192. The van der Waals surface area contributed by atoms with E-state index in [2.05, 4.69) is 31.3 Å². The van der Waals surface area contributed by atoms with Crippen LogP contribution in [0.4, 0.5) is 5.69 Å². The van der Waals surface area contributed by atoms with E-state index in [1.807, 2.05) is 24.3 Å². The van der Waals surface area contributed by atoms with Crippen LogP contribution in [-0.2, 0) is 16.6 Å². The van der Waals surface area contributed by atoms with Crippen LogP contribution in [0.15, 0.2) is 53.6 Å². The largest absolute Gasteiger partial charge is 0.273 e. The highest BCUT2D eigenvalue weighted by Crippen LogP contribution is 2.22. The van der Waals surface area contributed by atoms with Gasteiger partial charge in [-0.2, -0.15) is 5.10 Å². The number of hydrogen-bond donors (Lipinski definition) is 1. The molecule has 2 aromatic rings. The van der Waals surface area contributed by atoms with E-state index in [-0.39, 0.29) is 23.4 Å². The number of carbonyl (C=O) groups is 1. The minimum atomic E-state index is -0.475. The lowest BCUT2D eigenvalue weighted by Crippen LogP contribution is -2.20. The molecule has 0 bridgehead atoms. The molecule has 0 radical (unpaired) electrons. The van der Waals surface area contributed by atoms with Crippen molar-refractivity contribution in [2.45, 2.75) is 32.6 Å². The van der Waals surface area contributed by atoms with Gasteiger partial charge in [-0.15, -0.1) is 0 Å². The van der Waals surface area contributed by atoms with Crippen molar-refractivity contribution in [2.75, 3.05) is 0 Å². The Balaban J connectivity index is 1.92. The summed E-state index contributed by atoms with van der Waals surface area (Å²) in [7, 11) is 0. The second kappa shape index (κ2) is 7.70. The zero-order chi connectivity index (χ0) is 18.4. The van der Waals surface area contributed by atoms with Crippen LogP contribution in [-0.4, -0.2) is 17.0 Å². The van der Waals surface area contributed by atoms with Crippen LogP contribution in [0.1, 0.15) is 37.5 Å². The van der Waals surface area contributed by atoms with Crippen molar-refractivity contribution in [1.29, 1.82) is 0 Å². The predicted octanol–water partition coefficient (Wildman–Crippen LogP) is 3.59. The molecule has 0 aromatic heterocycles. The number of non-ortho nitro benzene ring substituents is 1. The van der Waals surface area contributed by atoms with Crippen molar-refractivity contribution in [3.63, 3.8) is 0 Å². The third-order valence-electron chi connectivity index (χ3n) is 3.67. The molecular formula is C19H21N3O3. The molecule has 0 saturated heterocycles. The van der Waals surface area contributed by atoms with Crippen LogP contribution in [0.3, 0.4) is 0 Å². The number of nitro benzene ring substituents is 1. The zero-order valence-corrected chi connectivity index (χ0v) is 14.5. The summed E-state index contributed by atoms with van der Waals surface area (Å²) >= 11 is 0. The highest BCUT2D eigenvalue weighted by molar-refractivity contribution is 5.83. The second-order valence-corrected chi connectivity index (χ2v) is 6.77. The van der Waals surface area contributed by atoms with Gasteiger partial charge in [0.05, 0.1) is 17.6 Å². The van der Waals surface area contributed by atoms with Gasteiger partial charge in [-0.05, 0) is 16.5 Å². The van der Waals surface area contributed by atoms with E-state index < -0.39 is 4.92 Å². The molecule has 0 heterocycles. The number of benzene rings is 2. The summed E-state index contributed by atoms with van der Waals surface area (Å²) < 4.78 is 0. The Morgan fingerprint density at radius 1 is 1.20 bits per heavy atom. The highest BCUT2D eigenvalue weighted by Gasteiger charge is 2.13. The molecule has 0 spiro atoms. The molecule has 0 aliphatic heterocycles. The molecule has 2 rings (SSSR count). The van der Waals surface area contributed by atoms with Gasteiger partial charge in [0, 0.05) is 17.7 Å². The molecule has 0 saturated carbocycles. The van der Waals surface area contributed by atoms with E-state index >= 15 is 0 Å².